The summed E-state index contributed by atoms with van der Waals surface area (Å²) in [5.41, 5.74) is 3.35. The molecule has 35 heavy (non-hydrogen) atoms. The highest BCUT2D eigenvalue weighted by Crippen LogP contribution is 2.30. The summed E-state index contributed by atoms with van der Waals surface area (Å²) in [4.78, 5) is 25.0. The van der Waals surface area contributed by atoms with E-state index in [9.17, 15) is 14.7 Å². The van der Waals surface area contributed by atoms with Crippen molar-refractivity contribution in [2.45, 2.75) is 6.92 Å². The van der Waals surface area contributed by atoms with Gasteiger partial charge >= 0.3 is 5.97 Å². The Morgan fingerprint density at radius 1 is 0.943 bits per heavy atom. The highest BCUT2D eigenvalue weighted by molar-refractivity contribution is 6.33. The number of fused-ring (bicyclic) bond motifs is 1. The first-order chi connectivity index (χ1) is 17.0. The van der Waals surface area contributed by atoms with E-state index in [-0.39, 0.29) is 27.6 Å². The first-order valence-corrected chi connectivity index (χ1v) is 11.1. The molecule has 0 bridgehead atoms. The van der Waals surface area contributed by atoms with Gasteiger partial charge in [-0.1, -0.05) is 48.0 Å². The third-order valence-corrected chi connectivity index (χ3v) is 5.38. The van der Waals surface area contributed by atoms with E-state index in [1.807, 2.05) is 24.3 Å². The molecule has 0 saturated heterocycles. The number of hydrazone groups is 1. The van der Waals surface area contributed by atoms with Gasteiger partial charge in [0.15, 0.2) is 11.5 Å². The van der Waals surface area contributed by atoms with Gasteiger partial charge in [-0.05, 0) is 65.7 Å². The van der Waals surface area contributed by atoms with Crippen LogP contribution in [0.3, 0.4) is 0 Å². The molecule has 0 unspecified atom stereocenters. The SMILES string of the molecule is CCOc1cc(C=NNC(=O)c2cc3ccccc3cc2O)ccc1OC(=O)c1ccccc1Cl. The zero-order valence-electron chi connectivity index (χ0n) is 18.7. The third kappa shape index (κ3) is 5.59. The van der Waals surface area contributed by atoms with Gasteiger partial charge in [0.2, 0.25) is 0 Å². The minimum Gasteiger partial charge on any atom is -0.507 e. The summed E-state index contributed by atoms with van der Waals surface area (Å²) in [7, 11) is 0. The van der Waals surface area contributed by atoms with Crippen LogP contribution in [0.25, 0.3) is 10.8 Å². The molecule has 1 amide bonds. The predicted molar refractivity (Wildman–Crippen MR) is 135 cm³/mol. The molecule has 7 nitrogen and oxygen atoms in total. The second-order valence-corrected chi connectivity index (χ2v) is 7.83. The number of aromatic hydroxyl groups is 1. The van der Waals surface area contributed by atoms with Gasteiger partial charge in [0.05, 0.1) is 29.0 Å². The first-order valence-electron chi connectivity index (χ1n) is 10.7. The van der Waals surface area contributed by atoms with Crippen molar-refractivity contribution < 1.29 is 24.2 Å². The van der Waals surface area contributed by atoms with E-state index < -0.39 is 11.9 Å². The molecule has 0 saturated carbocycles. The Labute approximate surface area is 206 Å². The Kier molecular flexibility index (Phi) is 7.28. The largest absolute Gasteiger partial charge is 0.507 e. The third-order valence-electron chi connectivity index (χ3n) is 5.05. The normalized spacial score (nSPS) is 10.9. The molecule has 0 atom stereocenters. The van der Waals surface area contributed by atoms with Crippen molar-refractivity contribution in [1.29, 1.82) is 0 Å². The fraction of sp³-hybridized carbons (Fsp3) is 0.0741. The van der Waals surface area contributed by atoms with Crippen LogP contribution >= 0.6 is 11.6 Å². The van der Waals surface area contributed by atoms with Gasteiger partial charge in [-0.15, -0.1) is 0 Å². The number of esters is 1. The number of carbonyl (C=O) groups excluding carboxylic acids is 2. The number of carbonyl (C=O) groups is 2. The van der Waals surface area contributed by atoms with Gasteiger partial charge in [-0.25, -0.2) is 10.2 Å². The van der Waals surface area contributed by atoms with Crippen LogP contribution in [-0.4, -0.2) is 29.8 Å². The van der Waals surface area contributed by atoms with Crippen molar-refractivity contribution in [2.24, 2.45) is 5.10 Å². The number of amides is 1. The summed E-state index contributed by atoms with van der Waals surface area (Å²) < 4.78 is 11.1. The van der Waals surface area contributed by atoms with Gasteiger partial charge in [0.25, 0.3) is 5.91 Å². The molecule has 0 aliphatic heterocycles. The molecule has 4 aromatic carbocycles. The Morgan fingerprint density at radius 3 is 2.40 bits per heavy atom. The molecule has 0 aliphatic carbocycles. The molecule has 0 spiro atoms. The van der Waals surface area contributed by atoms with Crippen molar-refractivity contribution >= 4 is 40.5 Å². The number of ether oxygens (including phenoxy) is 2. The standard InChI is InChI=1S/C27H21ClN2O5/c1-2-34-25-13-17(11-12-24(25)35-27(33)20-9-5-6-10-22(20)28)16-29-30-26(32)21-14-18-7-3-4-8-19(18)15-23(21)31/h3-16,31H,2H2,1H3,(H,30,32). The number of phenolic OH excluding ortho intramolecular Hbond substituents is 1. The zero-order chi connectivity index (χ0) is 24.8. The molecule has 0 heterocycles. The molecule has 0 fully saturated rings. The molecular formula is C27H21ClN2O5. The second-order valence-electron chi connectivity index (χ2n) is 7.42. The van der Waals surface area contributed by atoms with E-state index in [2.05, 4.69) is 10.5 Å². The van der Waals surface area contributed by atoms with Gasteiger partial charge in [-0.3, -0.25) is 4.79 Å². The number of hydrogen-bond acceptors (Lipinski definition) is 6. The van der Waals surface area contributed by atoms with Crippen molar-refractivity contribution in [3.8, 4) is 17.2 Å². The minimum atomic E-state index is -0.611. The summed E-state index contributed by atoms with van der Waals surface area (Å²) >= 11 is 6.08. The van der Waals surface area contributed by atoms with Crippen LogP contribution in [0.4, 0.5) is 0 Å². The molecular weight excluding hydrogens is 468 g/mol. The molecule has 4 rings (SSSR count). The van der Waals surface area contributed by atoms with Crippen LogP contribution in [-0.2, 0) is 0 Å². The summed E-state index contributed by atoms with van der Waals surface area (Å²) in [6.45, 7) is 2.14. The van der Waals surface area contributed by atoms with Crippen molar-refractivity contribution in [1.82, 2.24) is 5.43 Å². The molecule has 0 radical (unpaired) electrons. The van der Waals surface area contributed by atoms with Crippen molar-refractivity contribution in [2.75, 3.05) is 6.61 Å². The fourth-order valence-electron chi connectivity index (χ4n) is 3.37. The molecule has 0 aromatic heterocycles. The van der Waals surface area contributed by atoms with E-state index in [4.69, 9.17) is 21.1 Å². The number of nitrogens with zero attached hydrogens (tertiary/aromatic N) is 1. The van der Waals surface area contributed by atoms with E-state index >= 15 is 0 Å². The lowest BCUT2D eigenvalue weighted by Gasteiger charge is -2.12. The number of halogens is 1. The average molecular weight is 489 g/mol. The number of hydrogen-bond donors (Lipinski definition) is 2. The summed E-state index contributed by atoms with van der Waals surface area (Å²) in [5, 5.41) is 16.1. The maximum Gasteiger partial charge on any atom is 0.345 e. The molecule has 2 N–H and O–H groups in total. The lowest BCUT2D eigenvalue weighted by Crippen LogP contribution is -2.17. The van der Waals surface area contributed by atoms with Crippen LogP contribution < -0.4 is 14.9 Å². The Bertz CT molecular complexity index is 1430. The maximum absolute atomic E-state index is 12.5. The summed E-state index contributed by atoms with van der Waals surface area (Å²) in [6, 6.07) is 22.0. The van der Waals surface area contributed by atoms with Crippen LogP contribution in [0.5, 0.6) is 17.2 Å². The average Bonchev–Trinajstić information content (AvgIpc) is 2.85. The van der Waals surface area contributed by atoms with Crippen LogP contribution in [0.1, 0.15) is 33.2 Å². The van der Waals surface area contributed by atoms with Crippen molar-refractivity contribution in [3.05, 3.63) is 101 Å². The zero-order valence-corrected chi connectivity index (χ0v) is 19.5. The van der Waals surface area contributed by atoms with Gasteiger partial charge < -0.3 is 14.6 Å². The molecule has 4 aromatic rings. The lowest BCUT2D eigenvalue weighted by atomic mass is 10.1. The Balaban J connectivity index is 1.48. The smallest absolute Gasteiger partial charge is 0.345 e. The number of benzene rings is 4. The summed E-state index contributed by atoms with van der Waals surface area (Å²) in [5.74, 6) is -0.755. The number of rotatable bonds is 7. The topological polar surface area (TPSA) is 97.2 Å². The predicted octanol–water partition coefficient (Wildman–Crippen LogP) is 5.58. The van der Waals surface area contributed by atoms with Crippen LogP contribution in [0.15, 0.2) is 84.0 Å². The van der Waals surface area contributed by atoms with Crippen LogP contribution in [0, 0.1) is 0 Å². The van der Waals surface area contributed by atoms with Gasteiger partial charge in [0.1, 0.15) is 5.75 Å². The van der Waals surface area contributed by atoms with E-state index in [1.165, 1.54) is 12.3 Å². The Hall–Kier alpha value is -4.36. The van der Waals surface area contributed by atoms with E-state index in [0.29, 0.717) is 17.9 Å². The van der Waals surface area contributed by atoms with Crippen LogP contribution in [0.2, 0.25) is 5.02 Å². The minimum absolute atomic E-state index is 0.109. The maximum atomic E-state index is 12.5. The first kappa shape index (κ1) is 23.8. The lowest BCUT2D eigenvalue weighted by molar-refractivity contribution is 0.0728. The van der Waals surface area contributed by atoms with Gasteiger partial charge in [0, 0.05) is 0 Å². The van der Waals surface area contributed by atoms with Gasteiger partial charge in [-0.2, -0.15) is 5.10 Å². The molecule has 8 heteroatoms. The fourth-order valence-corrected chi connectivity index (χ4v) is 3.59. The monoisotopic (exact) mass is 488 g/mol. The summed E-state index contributed by atoms with van der Waals surface area (Å²) in [6.07, 6.45) is 1.41. The molecule has 176 valence electrons. The van der Waals surface area contributed by atoms with E-state index in [1.54, 1.807) is 55.5 Å². The number of nitrogens with one attached hydrogen (secondary N) is 1. The van der Waals surface area contributed by atoms with E-state index in [0.717, 1.165) is 10.8 Å². The van der Waals surface area contributed by atoms with Crippen molar-refractivity contribution in [3.63, 3.8) is 0 Å². The second kappa shape index (κ2) is 10.7. The number of phenols is 1. The quantitative estimate of drug-likeness (QED) is 0.153. The highest BCUT2D eigenvalue weighted by atomic mass is 35.5. The highest BCUT2D eigenvalue weighted by Gasteiger charge is 2.16. The Morgan fingerprint density at radius 2 is 1.66 bits per heavy atom. The molecule has 0 aliphatic rings.